The summed E-state index contributed by atoms with van der Waals surface area (Å²) in [6.07, 6.45) is 6.98. The van der Waals surface area contributed by atoms with Gasteiger partial charge in [0.05, 0.1) is 10.7 Å². The molecule has 0 saturated heterocycles. The maximum Gasteiger partial charge on any atom is 0.0937 e. The number of nitrogens with zero attached hydrogens (tertiary/aromatic N) is 3. The van der Waals surface area contributed by atoms with Gasteiger partial charge in [-0.05, 0) is 44.5 Å². The maximum absolute atomic E-state index is 5.60. The van der Waals surface area contributed by atoms with Crippen LogP contribution in [0.25, 0.3) is 0 Å². The van der Waals surface area contributed by atoms with E-state index in [0.29, 0.717) is 0 Å². The van der Waals surface area contributed by atoms with Gasteiger partial charge < -0.3 is 5.73 Å². The van der Waals surface area contributed by atoms with Crippen LogP contribution in [0.2, 0.25) is 0 Å². The predicted molar refractivity (Wildman–Crippen MR) is 88.4 cm³/mol. The van der Waals surface area contributed by atoms with Gasteiger partial charge in [-0.2, -0.15) is 0 Å². The molecule has 0 aliphatic heterocycles. The fourth-order valence-corrected chi connectivity index (χ4v) is 2.89. The van der Waals surface area contributed by atoms with Crippen molar-refractivity contribution in [3.05, 3.63) is 46.2 Å². The Bertz CT molecular complexity index is 513. The third-order valence-electron chi connectivity index (χ3n) is 3.55. The van der Waals surface area contributed by atoms with Gasteiger partial charge in [-0.1, -0.05) is 6.07 Å². The second-order valence-electron chi connectivity index (χ2n) is 5.21. The Kier molecular flexibility index (Phi) is 6.79. The van der Waals surface area contributed by atoms with Crippen LogP contribution in [0, 0.1) is 6.92 Å². The average molecular weight is 304 g/mol. The zero-order valence-electron chi connectivity index (χ0n) is 12.7. The van der Waals surface area contributed by atoms with E-state index in [4.69, 9.17) is 5.73 Å². The zero-order chi connectivity index (χ0) is 14.9. The average Bonchev–Trinajstić information content (AvgIpc) is 3.00. The lowest BCUT2D eigenvalue weighted by Gasteiger charge is -2.22. The zero-order valence-corrected chi connectivity index (χ0v) is 13.5. The first-order valence-corrected chi connectivity index (χ1v) is 8.39. The summed E-state index contributed by atoms with van der Waals surface area (Å²) in [7, 11) is 0. The highest BCUT2D eigenvalue weighted by molar-refractivity contribution is 7.09. The Labute approximate surface area is 131 Å². The molecule has 0 aliphatic rings. The number of thiazole rings is 1. The molecule has 2 N–H and O–H groups in total. The number of hydrogen-bond acceptors (Lipinski definition) is 5. The Morgan fingerprint density at radius 2 is 2.10 bits per heavy atom. The predicted octanol–water partition coefficient (Wildman–Crippen LogP) is 2.63. The first-order chi connectivity index (χ1) is 10.3. The summed E-state index contributed by atoms with van der Waals surface area (Å²) in [5.41, 5.74) is 8.03. The number of aryl methyl sites for hydroxylation is 1. The molecule has 0 aromatic carbocycles. The van der Waals surface area contributed by atoms with Crippen LogP contribution in [-0.4, -0.2) is 34.5 Å². The lowest BCUT2D eigenvalue weighted by Crippen LogP contribution is -2.28. The Hall–Kier alpha value is -1.30. The number of rotatable bonds is 9. The molecule has 0 atom stereocenters. The molecule has 2 rings (SSSR count). The van der Waals surface area contributed by atoms with E-state index in [-0.39, 0.29) is 0 Å². The van der Waals surface area contributed by atoms with Crippen LogP contribution in [0.1, 0.15) is 29.1 Å². The molecule has 5 heteroatoms. The van der Waals surface area contributed by atoms with Gasteiger partial charge in [0.2, 0.25) is 0 Å². The van der Waals surface area contributed by atoms with Crippen LogP contribution in [0.15, 0.2) is 29.9 Å². The fraction of sp³-hybridized carbons (Fsp3) is 0.500. The summed E-state index contributed by atoms with van der Waals surface area (Å²) in [6.45, 7) is 5.89. The van der Waals surface area contributed by atoms with Crippen molar-refractivity contribution in [1.29, 1.82) is 0 Å². The van der Waals surface area contributed by atoms with Gasteiger partial charge in [0.15, 0.2) is 0 Å². The van der Waals surface area contributed by atoms with Gasteiger partial charge in [0.1, 0.15) is 0 Å². The lowest BCUT2D eigenvalue weighted by molar-refractivity contribution is 0.260. The van der Waals surface area contributed by atoms with Crippen molar-refractivity contribution < 1.29 is 0 Å². The van der Waals surface area contributed by atoms with Gasteiger partial charge in [-0.3, -0.25) is 9.88 Å². The molecule has 0 spiro atoms. The third kappa shape index (κ3) is 5.53. The Balaban J connectivity index is 1.92. The minimum Gasteiger partial charge on any atom is -0.330 e. The first-order valence-electron chi connectivity index (χ1n) is 7.51. The molecule has 2 aromatic rings. The first kappa shape index (κ1) is 16.1. The van der Waals surface area contributed by atoms with Crippen LogP contribution < -0.4 is 5.73 Å². The minimum absolute atomic E-state index is 0.767. The van der Waals surface area contributed by atoms with E-state index in [9.17, 15) is 0 Å². The van der Waals surface area contributed by atoms with Gasteiger partial charge in [-0.15, -0.1) is 11.3 Å². The SMILES string of the molecule is Cc1cccnc1CN(CCCCN)CCc1nccs1. The smallest absolute Gasteiger partial charge is 0.0937 e. The van der Waals surface area contributed by atoms with Crippen molar-refractivity contribution in [2.45, 2.75) is 32.7 Å². The van der Waals surface area contributed by atoms with Gasteiger partial charge in [-0.25, -0.2) is 4.98 Å². The number of unbranched alkanes of at least 4 members (excludes halogenated alkanes) is 1. The Morgan fingerprint density at radius 1 is 1.19 bits per heavy atom. The third-order valence-corrected chi connectivity index (χ3v) is 4.38. The van der Waals surface area contributed by atoms with E-state index < -0.39 is 0 Å². The molecular formula is C16H24N4S. The van der Waals surface area contributed by atoms with E-state index in [1.807, 2.05) is 23.8 Å². The van der Waals surface area contributed by atoms with E-state index in [1.165, 1.54) is 16.3 Å². The lowest BCUT2D eigenvalue weighted by atomic mass is 10.2. The molecule has 0 saturated carbocycles. The molecule has 2 heterocycles. The second-order valence-corrected chi connectivity index (χ2v) is 6.19. The molecule has 21 heavy (non-hydrogen) atoms. The van der Waals surface area contributed by atoms with Gasteiger partial charge >= 0.3 is 0 Å². The summed E-state index contributed by atoms with van der Waals surface area (Å²) in [5, 5.41) is 3.24. The largest absolute Gasteiger partial charge is 0.330 e. The van der Waals surface area contributed by atoms with Crippen molar-refractivity contribution in [3.63, 3.8) is 0 Å². The van der Waals surface area contributed by atoms with E-state index in [2.05, 4.69) is 27.9 Å². The summed E-state index contributed by atoms with van der Waals surface area (Å²) in [5.74, 6) is 0. The summed E-state index contributed by atoms with van der Waals surface area (Å²) in [4.78, 5) is 11.3. The van der Waals surface area contributed by atoms with Crippen LogP contribution in [0.5, 0.6) is 0 Å². The van der Waals surface area contributed by atoms with Crippen molar-refractivity contribution in [2.24, 2.45) is 5.73 Å². The highest BCUT2D eigenvalue weighted by atomic mass is 32.1. The number of hydrogen-bond donors (Lipinski definition) is 1. The van der Waals surface area contributed by atoms with Crippen molar-refractivity contribution in [1.82, 2.24) is 14.9 Å². The molecular weight excluding hydrogens is 280 g/mol. The number of pyridine rings is 1. The Morgan fingerprint density at radius 3 is 2.81 bits per heavy atom. The van der Waals surface area contributed by atoms with Crippen molar-refractivity contribution in [3.8, 4) is 0 Å². The molecule has 114 valence electrons. The topological polar surface area (TPSA) is 55.0 Å². The molecule has 0 fully saturated rings. The highest BCUT2D eigenvalue weighted by Gasteiger charge is 2.09. The molecule has 0 radical (unpaired) electrons. The molecule has 0 unspecified atom stereocenters. The standard InChI is InChI=1S/C16H24N4S/c1-14-5-4-8-18-15(14)13-20(10-3-2-7-17)11-6-16-19-9-12-21-16/h4-5,8-9,12H,2-3,6-7,10-11,13,17H2,1H3. The summed E-state index contributed by atoms with van der Waals surface area (Å²) >= 11 is 1.73. The summed E-state index contributed by atoms with van der Waals surface area (Å²) in [6, 6.07) is 4.12. The molecule has 0 bridgehead atoms. The molecule has 2 aromatic heterocycles. The maximum atomic E-state index is 5.60. The fourth-order valence-electron chi connectivity index (χ4n) is 2.28. The van der Waals surface area contributed by atoms with E-state index >= 15 is 0 Å². The normalized spacial score (nSPS) is 11.2. The van der Waals surface area contributed by atoms with Crippen LogP contribution >= 0.6 is 11.3 Å². The molecule has 4 nitrogen and oxygen atoms in total. The van der Waals surface area contributed by atoms with Gasteiger partial charge in [0.25, 0.3) is 0 Å². The summed E-state index contributed by atoms with van der Waals surface area (Å²) < 4.78 is 0. The van der Waals surface area contributed by atoms with Crippen molar-refractivity contribution in [2.75, 3.05) is 19.6 Å². The molecule has 0 aliphatic carbocycles. The number of aromatic nitrogens is 2. The van der Waals surface area contributed by atoms with Crippen LogP contribution in [-0.2, 0) is 13.0 Å². The highest BCUT2D eigenvalue weighted by Crippen LogP contribution is 2.11. The second kappa shape index (κ2) is 8.87. The quantitative estimate of drug-likeness (QED) is 0.724. The van der Waals surface area contributed by atoms with Crippen LogP contribution in [0.3, 0.4) is 0 Å². The van der Waals surface area contributed by atoms with E-state index in [1.54, 1.807) is 11.3 Å². The van der Waals surface area contributed by atoms with Crippen LogP contribution in [0.4, 0.5) is 0 Å². The van der Waals surface area contributed by atoms with Gasteiger partial charge in [0, 0.05) is 37.3 Å². The van der Waals surface area contributed by atoms with Crippen molar-refractivity contribution >= 4 is 11.3 Å². The minimum atomic E-state index is 0.767. The molecule has 0 amide bonds. The number of nitrogens with two attached hydrogens (primary N) is 1. The monoisotopic (exact) mass is 304 g/mol. The van der Waals surface area contributed by atoms with E-state index in [0.717, 1.165) is 45.4 Å².